The number of ether oxygens (including phenoxy) is 2. The number of aromatic nitrogens is 4. The van der Waals surface area contributed by atoms with Crippen molar-refractivity contribution in [3.8, 4) is 34.3 Å². The Hall–Kier alpha value is -3.68. The van der Waals surface area contributed by atoms with Crippen LogP contribution in [0.3, 0.4) is 0 Å². The summed E-state index contributed by atoms with van der Waals surface area (Å²) in [4.78, 5) is 11.7. The van der Waals surface area contributed by atoms with E-state index in [0.29, 0.717) is 40.0 Å². The molecule has 0 aliphatic heterocycles. The first-order valence-corrected chi connectivity index (χ1v) is 7.85. The molecule has 0 saturated heterocycles. The molecule has 3 aromatic heterocycles. The minimum Gasteiger partial charge on any atom is -0.505 e. The molecule has 0 amide bonds. The number of pyridine rings is 1. The highest BCUT2D eigenvalue weighted by Gasteiger charge is 2.20. The van der Waals surface area contributed by atoms with Gasteiger partial charge in [-0.25, -0.2) is 9.97 Å². The van der Waals surface area contributed by atoms with Crippen molar-refractivity contribution in [2.45, 2.75) is 0 Å². The zero-order valence-corrected chi connectivity index (χ0v) is 14.2. The van der Waals surface area contributed by atoms with Crippen molar-refractivity contribution < 1.29 is 14.6 Å². The fourth-order valence-electron chi connectivity index (χ4n) is 2.86. The number of rotatable bonds is 4. The average molecular weight is 351 g/mol. The van der Waals surface area contributed by atoms with Crippen LogP contribution in [0, 0.1) is 0 Å². The number of fused-ring (bicyclic) bond motifs is 1. The van der Waals surface area contributed by atoms with Gasteiger partial charge < -0.3 is 25.3 Å². The molecule has 0 bridgehead atoms. The predicted octanol–water partition coefficient (Wildman–Crippen LogP) is 2.72. The lowest BCUT2D eigenvalue weighted by molar-refractivity contribution is 0.394. The number of aromatic amines is 1. The number of nitrogen functional groups attached to an aromatic ring is 1. The van der Waals surface area contributed by atoms with E-state index in [4.69, 9.17) is 15.2 Å². The summed E-state index contributed by atoms with van der Waals surface area (Å²) in [6, 6.07) is 9.01. The summed E-state index contributed by atoms with van der Waals surface area (Å²) in [5.41, 5.74) is 8.72. The molecule has 0 atom stereocenters. The number of H-pyrrole nitrogens is 1. The number of nitrogens with two attached hydrogens (primary N) is 1. The van der Waals surface area contributed by atoms with Gasteiger partial charge in [-0.15, -0.1) is 0 Å². The lowest BCUT2D eigenvalue weighted by Gasteiger charge is -2.11. The smallest absolute Gasteiger partial charge is 0.178 e. The molecule has 0 spiro atoms. The van der Waals surface area contributed by atoms with E-state index in [1.165, 1.54) is 6.20 Å². The van der Waals surface area contributed by atoms with Crippen LogP contribution in [0.1, 0.15) is 0 Å². The normalized spacial score (nSPS) is 11.0. The summed E-state index contributed by atoms with van der Waals surface area (Å²) in [5, 5.41) is 10.5. The van der Waals surface area contributed by atoms with Gasteiger partial charge >= 0.3 is 0 Å². The Morgan fingerprint density at radius 2 is 1.88 bits per heavy atom. The zero-order chi connectivity index (χ0) is 18.3. The van der Waals surface area contributed by atoms with Gasteiger partial charge in [0.15, 0.2) is 5.65 Å². The maximum absolute atomic E-state index is 10.5. The maximum Gasteiger partial charge on any atom is 0.178 e. The zero-order valence-electron chi connectivity index (χ0n) is 14.2. The third kappa shape index (κ3) is 2.48. The Balaban J connectivity index is 1.87. The Bertz CT molecular complexity index is 1040. The Morgan fingerprint density at radius 3 is 2.54 bits per heavy atom. The van der Waals surface area contributed by atoms with Crippen LogP contribution in [-0.2, 0) is 0 Å². The predicted molar refractivity (Wildman–Crippen MR) is 97.8 cm³/mol. The SMILES string of the molecule is COc1cc(OC)cc(-n2cc(O)c(-c3nc4ncccc4[nH]3)c2N)c1. The van der Waals surface area contributed by atoms with E-state index in [1.807, 2.05) is 6.07 Å². The number of nitrogens with one attached hydrogen (secondary N) is 1. The van der Waals surface area contributed by atoms with Crippen LogP contribution >= 0.6 is 0 Å². The summed E-state index contributed by atoms with van der Waals surface area (Å²) < 4.78 is 12.2. The molecular weight excluding hydrogens is 334 g/mol. The maximum atomic E-state index is 10.5. The number of anilines is 1. The van der Waals surface area contributed by atoms with E-state index in [-0.39, 0.29) is 5.75 Å². The number of nitrogens with zero attached hydrogens (tertiary/aromatic N) is 3. The first-order valence-electron chi connectivity index (χ1n) is 7.85. The molecule has 4 rings (SSSR count). The first kappa shape index (κ1) is 15.8. The number of benzene rings is 1. The van der Waals surface area contributed by atoms with Crippen molar-refractivity contribution >= 4 is 17.0 Å². The second kappa shape index (κ2) is 5.99. The van der Waals surface area contributed by atoms with Crippen LogP contribution in [0.25, 0.3) is 28.2 Å². The monoisotopic (exact) mass is 351 g/mol. The number of hydrogen-bond acceptors (Lipinski definition) is 6. The molecule has 0 saturated carbocycles. The van der Waals surface area contributed by atoms with Crippen LogP contribution in [0.5, 0.6) is 17.2 Å². The van der Waals surface area contributed by atoms with E-state index >= 15 is 0 Å². The minimum atomic E-state index is 0.00310. The largest absolute Gasteiger partial charge is 0.505 e. The van der Waals surface area contributed by atoms with E-state index in [2.05, 4.69) is 15.0 Å². The van der Waals surface area contributed by atoms with Gasteiger partial charge in [0.2, 0.25) is 0 Å². The standard InChI is InChI=1S/C18H17N5O3/c1-25-11-6-10(7-12(8-11)26-2)23-9-14(24)15(16(23)19)18-21-13-4-3-5-20-17(13)22-18/h3-9,24H,19H2,1-2H3,(H,20,21,22). The highest BCUT2D eigenvalue weighted by Crippen LogP contribution is 2.38. The van der Waals surface area contributed by atoms with Crippen LogP contribution in [0.15, 0.2) is 42.7 Å². The molecule has 4 aromatic rings. The van der Waals surface area contributed by atoms with Gasteiger partial charge in [0.1, 0.15) is 34.5 Å². The molecule has 0 radical (unpaired) electrons. The Morgan fingerprint density at radius 1 is 1.15 bits per heavy atom. The summed E-state index contributed by atoms with van der Waals surface area (Å²) in [6.07, 6.45) is 3.18. The Labute approximate surface area is 148 Å². The molecule has 8 heteroatoms. The van der Waals surface area contributed by atoms with Crippen molar-refractivity contribution in [1.29, 1.82) is 0 Å². The summed E-state index contributed by atoms with van der Waals surface area (Å²) in [5.74, 6) is 2.00. The lowest BCUT2D eigenvalue weighted by atomic mass is 10.2. The van der Waals surface area contributed by atoms with Crippen molar-refractivity contribution in [2.24, 2.45) is 0 Å². The van der Waals surface area contributed by atoms with Crippen molar-refractivity contribution in [2.75, 3.05) is 20.0 Å². The third-order valence-corrected chi connectivity index (χ3v) is 4.13. The molecule has 4 N–H and O–H groups in total. The van der Waals surface area contributed by atoms with Gasteiger partial charge in [-0.05, 0) is 12.1 Å². The molecule has 0 aliphatic carbocycles. The molecule has 0 fully saturated rings. The van der Waals surface area contributed by atoms with Gasteiger partial charge in [-0.3, -0.25) is 4.57 Å². The second-order valence-corrected chi connectivity index (χ2v) is 5.68. The van der Waals surface area contributed by atoms with Crippen molar-refractivity contribution in [1.82, 2.24) is 19.5 Å². The molecular formula is C18H17N5O3. The highest BCUT2D eigenvalue weighted by atomic mass is 16.5. The molecule has 0 unspecified atom stereocenters. The van der Waals surface area contributed by atoms with Gasteiger partial charge in [0, 0.05) is 24.4 Å². The number of hydrogen-bond donors (Lipinski definition) is 3. The molecule has 132 valence electrons. The van der Waals surface area contributed by atoms with Crippen LogP contribution in [0.2, 0.25) is 0 Å². The van der Waals surface area contributed by atoms with E-state index in [0.717, 1.165) is 5.52 Å². The quantitative estimate of drug-likeness (QED) is 0.521. The Kier molecular flexibility index (Phi) is 3.65. The average Bonchev–Trinajstić information content (AvgIpc) is 3.21. The highest BCUT2D eigenvalue weighted by molar-refractivity contribution is 5.83. The van der Waals surface area contributed by atoms with Crippen molar-refractivity contribution in [3.05, 3.63) is 42.7 Å². The van der Waals surface area contributed by atoms with Gasteiger partial charge in [0.05, 0.1) is 31.6 Å². The van der Waals surface area contributed by atoms with E-state index in [1.54, 1.807) is 49.2 Å². The summed E-state index contributed by atoms with van der Waals surface area (Å²) in [7, 11) is 3.14. The minimum absolute atomic E-state index is 0.00310. The fraction of sp³-hybridized carbons (Fsp3) is 0.111. The first-order chi connectivity index (χ1) is 12.6. The third-order valence-electron chi connectivity index (χ3n) is 4.13. The van der Waals surface area contributed by atoms with Crippen LogP contribution < -0.4 is 15.2 Å². The molecule has 0 aliphatic rings. The van der Waals surface area contributed by atoms with Gasteiger partial charge in [0.25, 0.3) is 0 Å². The molecule has 1 aromatic carbocycles. The van der Waals surface area contributed by atoms with Crippen molar-refractivity contribution in [3.63, 3.8) is 0 Å². The van der Waals surface area contributed by atoms with Gasteiger partial charge in [-0.2, -0.15) is 0 Å². The van der Waals surface area contributed by atoms with E-state index < -0.39 is 0 Å². The summed E-state index contributed by atoms with van der Waals surface area (Å²) >= 11 is 0. The number of aromatic hydroxyl groups is 1. The van der Waals surface area contributed by atoms with Crippen LogP contribution in [0.4, 0.5) is 5.82 Å². The second-order valence-electron chi connectivity index (χ2n) is 5.68. The van der Waals surface area contributed by atoms with Gasteiger partial charge in [-0.1, -0.05) is 0 Å². The topological polar surface area (TPSA) is 111 Å². The number of methoxy groups -OCH3 is 2. The summed E-state index contributed by atoms with van der Waals surface area (Å²) in [6.45, 7) is 0. The van der Waals surface area contributed by atoms with E-state index in [9.17, 15) is 5.11 Å². The number of imidazole rings is 1. The van der Waals surface area contributed by atoms with Crippen LogP contribution in [-0.4, -0.2) is 38.8 Å². The molecule has 3 heterocycles. The molecule has 26 heavy (non-hydrogen) atoms. The lowest BCUT2D eigenvalue weighted by Crippen LogP contribution is -2.01. The molecule has 8 nitrogen and oxygen atoms in total. The fourth-order valence-corrected chi connectivity index (χ4v) is 2.86.